The smallest absolute Gasteiger partial charge is 0.267 e. The van der Waals surface area contributed by atoms with E-state index in [0.717, 1.165) is 0 Å². The predicted molar refractivity (Wildman–Crippen MR) is 115 cm³/mol. The Balaban J connectivity index is 1.27. The summed E-state index contributed by atoms with van der Waals surface area (Å²) in [5, 5.41) is 5.60. The zero-order chi connectivity index (χ0) is 21.8. The van der Waals surface area contributed by atoms with Crippen LogP contribution in [0.5, 0.6) is 11.5 Å². The molecule has 0 saturated carbocycles. The summed E-state index contributed by atoms with van der Waals surface area (Å²) < 4.78 is 11.5. The molecule has 4 rings (SSSR count). The molecule has 3 amide bonds. The molecule has 8 heteroatoms. The van der Waals surface area contributed by atoms with Crippen molar-refractivity contribution in [3.05, 3.63) is 48.5 Å². The van der Waals surface area contributed by atoms with Gasteiger partial charge in [-0.3, -0.25) is 14.4 Å². The molecule has 2 aliphatic rings. The van der Waals surface area contributed by atoms with Crippen LogP contribution in [0.3, 0.4) is 0 Å². The van der Waals surface area contributed by atoms with Crippen molar-refractivity contribution in [2.75, 3.05) is 30.3 Å². The number of hydrogen-bond donors (Lipinski definition) is 2. The highest BCUT2D eigenvalue weighted by Gasteiger charge is 2.34. The zero-order valence-corrected chi connectivity index (χ0v) is 17.3. The molecule has 8 nitrogen and oxygen atoms in total. The molecule has 0 aromatic heterocycles. The summed E-state index contributed by atoms with van der Waals surface area (Å²) in [7, 11) is 0. The van der Waals surface area contributed by atoms with Crippen LogP contribution in [0, 0.1) is 5.92 Å². The van der Waals surface area contributed by atoms with E-state index >= 15 is 0 Å². The molecule has 0 spiro atoms. The van der Waals surface area contributed by atoms with Crippen molar-refractivity contribution >= 4 is 29.1 Å². The molecule has 2 heterocycles. The lowest BCUT2D eigenvalue weighted by Gasteiger charge is -2.35. The average Bonchev–Trinajstić information content (AvgIpc) is 2.79. The largest absolute Gasteiger partial charge is 0.485 e. The van der Waals surface area contributed by atoms with Crippen molar-refractivity contribution in [2.45, 2.75) is 25.9 Å². The molecule has 1 saturated heterocycles. The van der Waals surface area contributed by atoms with Crippen LogP contribution in [0.1, 0.15) is 19.8 Å². The number of anilines is 2. The van der Waals surface area contributed by atoms with Crippen molar-refractivity contribution in [2.24, 2.45) is 5.92 Å². The first kappa shape index (κ1) is 20.7. The summed E-state index contributed by atoms with van der Waals surface area (Å²) >= 11 is 0. The van der Waals surface area contributed by atoms with Gasteiger partial charge < -0.3 is 25.0 Å². The maximum absolute atomic E-state index is 12.8. The maximum Gasteiger partial charge on any atom is 0.267 e. The number of para-hydroxylation sites is 2. The van der Waals surface area contributed by atoms with Crippen LogP contribution in [0.25, 0.3) is 0 Å². The number of rotatable bonds is 4. The zero-order valence-electron chi connectivity index (χ0n) is 17.3. The van der Waals surface area contributed by atoms with E-state index < -0.39 is 6.10 Å². The van der Waals surface area contributed by atoms with E-state index in [2.05, 4.69) is 10.6 Å². The minimum atomic E-state index is -0.664. The molecular weight excluding hydrogens is 398 g/mol. The van der Waals surface area contributed by atoms with E-state index in [1.54, 1.807) is 35.2 Å². The predicted octanol–water partition coefficient (Wildman–Crippen LogP) is 2.66. The van der Waals surface area contributed by atoms with Gasteiger partial charge in [-0.15, -0.1) is 0 Å². The van der Waals surface area contributed by atoms with Crippen molar-refractivity contribution in [3.63, 3.8) is 0 Å². The van der Waals surface area contributed by atoms with Gasteiger partial charge in [-0.25, -0.2) is 0 Å². The molecule has 1 fully saturated rings. The van der Waals surface area contributed by atoms with Crippen molar-refractivity contribution < 1.29 is 23.9 Å². The number of nitrogens with zero attached hydrogens (tertiary/aromatic N) is 1. The van der Waals surface area contributed by atoms with E-state index in [0.29, 0.717) is 48.8 Å². The van der Waals surface area contributed by atoms with Crippen LogP contribution in [0.2, 0.25) is 0 Å². The lowest BCUT2D eigenvalue weighted by Crippen LogP contribution is -2.49. The van der Waals surface area contributed by atoms with E-state index in [1.165, 1.54) is 6.92 Å². The molecule has 2 aromatic carbocycles. The highest BCUT2D eigenvalue weighted by Crippen LogP contribution is 2.31. The van der Waals surface area contributed by atoms with Gasteiger partial charge in [-0.05, 0) is 49.2 Å². The topological polar surface area (TPSA) is 97.0 Å². The molecule has 162 valence electrons. The highest BCUT2D eigenvalue weighted by atomic mass is 16.6. The van der Waals surface area contributed by atoms with Crippen LogP contribution in [-0.4, -0.2) is 48.4 Å². The molecule has 2 N–H and O–H groups in total. The lowest BCUT2D eigenvalue weighted by molar-refractivity contribution is -0.143. The van der Waals surface area contributed by atoms with Crippen LogP contribution in [0.4, 0.5) is 11.4 Å². The van der Waals surface area contributed by atoms with Crippen molar-refractivity contribution in [1.29, 1.82) is 0 Å². The Morgan fingerprint density at radius 3 is 2.16 bits per heavy atom. The summed E-state index contributed by atoms with van der Waals surface area (Å²) in [6.07, 6.45) is 0.514. The molecule has 2 aliphatic heterocycles. The highest BCUT2D eigenvalue weighted by molar-refractivity contribution is 5.93. The number of likely N-dealkylation sites (tertiary alicyclic amines) is 1. The summed E-state index contributed by atoms with van der Waals surface area (Å²) in [5.41, 5.74) is 1.35. The second kappa shape index (κ2) is 9.07. The Labute approximate surface area is 180 Å². The fourth-order valence-electron chi connectivity index (χ4n) is 3.79. The van der Waals surface area contributed by atoms with Gasteiger partial charge in [-0.2, -0.15) is 0 Å². The molecule has 0 bridgehead atoms. The summed E-state index contributed by atoms with van der Waals surface area (Å²) in [6, 6.07) is 14.3. The van der Waals surface area contributed by atoms with E-state index in [4.69, 9.17) is 9.47 Å². The van der Waals surface area contributed by atoms with Crippen molar-refractivity contribution in [1.82, 2.24) is 4.90 Å². The van der Waals surface area contributed by atoms with Crippen molar-refractivity contribution in [3.8, 4) is 11.5 Å². The molecule has 31 heavy (non-hydrogen) atoms. The Hall–Kier alpha value is -3.55. The van der Waals surface area contributed by atoms with Gasteiger partial charge in [0.25, 0.3) is 5.91 Å². The Morgan fingerprint density at radius 2 is 1.52 bits per heavy atom. The monoisotopic (exact) mass is 423 g/mol. The van der Waals surface area contributed by atoms with Crippen LogP contribution < -0.4 is 20.1 Å². The SMILES string of the molecule is CC(=O)Nc1ccc(NC(=O)C2CCN(C(=O)[C@H]3COc4ccccc4O3)CC2)cc1. The third-order valence-electron chi connectivity index (χ3n) is 5.43. The van der Waals surface area contributed by atoms with Gasteiger partial charge in [0, 0.05) is 37.3 Å². The minimum absolute atomic E-state index is 0.0643. The van der Waals surface area contributed by atoms with E-state index in [-0.39, 0.29) is 30.2 Å². The fourth-order valence-corrected chi connectivity index (χ4v) is 3.79. The molecule has 0 unspecified atom stereocenters. The van der Waals surface area contributed by atoms with Crippen LogP contribution in [-0.2, 0) is 14.4 Å². The average molecular weight is 423 g/mol. The van der Waals surface area contributed by atoms with Gasteiger partial charge in [0.15, 0.2) is 11.5 Å². The number of ether oxygens (including phenoxy) is 2. The van der Waals surface area contributed by atoms with Gasteiger partial charge >= 0.3 is 0 Å². The van der Waals surface area contributed by atoms with E-state index in [9.17, 15) is 14.4 Å². The molecular formula is C23H25N3O5. The number of benzene rings is 2. The number of hydrogen-bond acceptors (Lipinski definition) is 5. The Kier molecular flexibility index (Phi) is 6.06. The first-order chi connectivity index (χ1) is 15.0. The summed E-state index contributed by atoms with van der Waals surface area (Å²) in [5.74, 6) is 0.737. The third kappa shape index (κ3) is 4.96. The lowest BCUT2D eigenvalue weighted by atomic mass is 9.95. The normalized spacial score (nSPS) is 18.2. The number of carbonyl (C=O) groups excluding carboxylic acids is 3. The minimum Gasteiger partial charge on any atom is -0.485 e. The number of carbonyl (C=O) groups is 3. The fraction of sp³-hybridized carbons (Fsp3) is 0.348. The van der Waals surface area contributed by atoms with Gasteiger partial charge in [-0.1, -0.05) is 12.1 Å². The Bertz CT molecular complexity index is 967. The number of piperidine rings is 1. The van der Waals surface area contributed by atoms with Crippen LogP contribution >= 0.6 is 0 Å². The summed E-state index contributed by atoms with van der Waals surface area (Å²) in [4.78, 5) is 38.3. The van der Waals surface area contributed by atoms with E-state index in [1.807, 2.05) is 18.2 Å². The quantitative estimate of drug-likeness (QED) is 0.788. The standard InChI is InChI=1S/C23H25N3O5/c1-15(27)24-17-6-8-18(9-7-17)25-22(28)16-10-12-26(13-11-16)23(29)21-14-30-19-4-2-3-5-20(19)31-21/h2-9,16,21H,10-14H2,1H3,(H,24,27)(H,25,28)/t21-/m1/s1. The van der Waals surface area contributed by atoms with Gasteiger partial charge in [0.2, 0.25) is 17.9 Å². The maximum atomic E-state index is 12.8. The first-order valence-corrected chi connectivity index (χ1v) is 10.4. The number of nitrogens with one attached hydrogen (secondary N) is 2. The summed E-state index contributed by atoms with van der Waals surface area (Å²) in [6.45, 7) is 2.63. The second-order valence-corrected chi connectivity index (χ2v) is 7.71. The van der Waals surface area contributed by atoms with Gasteiger partial charge in [0.05, 0.1) is 0 Å². The number of fused-ring (bicyclic) bond motifs is 1. The molecule has 1 atom stereocenters. The molecule has 0 radical (unpaired) electrons. The van der Waals surface area contributed by atoms with Gasteiger partial charge in [0.1, 0.15) is 6.61 Å². The number of amides is 3. The second-order valence-electron chi connectivity index (χ2n) is 7.71. The Morgan fingerprint density at radius 1 is 0.903 bits per heavy atom. The molecule has 2 aromatic rings. The molecule has 0 aliphatic carbocycles. The third-order valence-corrected chi connectivity index (χ3v) is 5.43. The van der Waals surface area contributed by atoms with Crippen LogP contribution in [0.15, 0.2) is 48.5 Å². The first-order valence-electron chi connectivity index (χ1n) is 10.4.